The minimum Gasteiger partial charge on any atom is -0.338 e. The molecule has 4 rings (SSSR count). The Morgan fingerprint density at radius 1 is 1.25 bits per heavy atom. The molecule has 0 saturated carbocycles. The van der Waals surface area contributed by atoms with Crippen molar-refractivity contribution in [2.75, 3.05) is 5.32 Å². The van der Waals surface area contributed by atoms with Crippen LogP contribution in [0, 0.1) is 0 Å². The molecular formula is C18H16N6O3S. The first-order chi connectivity index (χ1) is 13.5. The number of nitrogens with one attached hydrogen (secondary N) is 2. The van der Waals surface area contributed by atoms with Gasteiger partial charge in [0.1, 0.15) is 11.9 Å². The highest BCUT2D eigenvalue weighted by Gasteiger charge is 2.27. The molecule has 0 aliphatic carbocycles. The van der Waals surface area contributed by atoms with Gasteiger partial charge >= 0.3 is 5.69 Å². The van der Waals surface area contributed by atoms with Crippen LogP contribution >= 0.6 is 11.3 Å². The lowest BCUT2D eigenvalue weighted by Gasteiger charge is -2.18. The lowest BCUT2D eigenvalue weighted by Crippen LogP contribution is -2.43. The molecule has 1 aromatic carbocycles. The molecule has 1 atom stereocenters. The standard InChI is InChI=1S/C18H16N6O3S/c1-23-8-6-19-14(23)10-13(15(25)22-17-20-7-9-28-17)24-16(26)11-4-2-3-5-12(11)21-18(24)27/h2-9,13H,10H2,1H3,(H,21,27)(H,20,22,25). The van der Waals surface area contributed by atoms with Crippen molar-refractivity contribution in [2.24, 2.45) is 7.05 Å². The van der Waals surface area contributed by atoms with Gasteiger partial charge in [0.25, 0.3) is 5.56 Å². The summed E-state index contributed by atoms with van der Waals surface area (Å²) >= 11 is 1.25. The molecule has 0 radical (unpaired) electrons. The number of rotatable bonds is 5. The van der Waals surface area contributed by atoms with E-state index in [4.69, 9.17) is 0 Å². The average molecular weight is 396 g/mol. The number of anilines is 1. The van der Waals surface area contributed by atoms with Crippen LogP contribution in [0.15, 0.2) is 57.8 Å². The molecule has 0 saturated heterocycles. The second kappa shape index (κ2) is 7.24. The van der Waals surface area contributed by atoms with Gasteiger partial charge < -0.3 is 14.9 Å². The van der Waals surface area contributed by atoms with Crippen LogP contribution in [0.3, 0.4) is 0 Å². The summed E-state index contributed by atoms with van der Waals surface area (Å²) in [6.45, 7) is 0. The fourth-order valence-electron chi connectivity index (χ4n) is 3.00. The molecule has 0 aliphatic heterocycles. The number of hydrogen-bond acceptors (Lipinski definition) is 6. The van der Waals surface area contributed by atoms with E-state index in [2.05, 4.69) is 20.3 Å². The molecule has 0 spiro atoms. The number of amides is 1. The van der Waals surface area contributed by atoms with E-state index in [1.807, 2.05) is 0 Å². The number of aromatic nitrogens is 5. The highest BCUT2D eigenvalue weighted by molar-refractivity contribution is 7.13. The Morgan fingerprint density at radius 3 is 2.79 bits per heavy atom. The SMILES string of the molecule is Cn1ccnc1CC(C(=O)Nc1nccs1)n1c(=O)[nH]c2ccccc2c1=O. The van der Waals surface area contributed by atoms with Crippen LogP contribution in [0.2, 0.25) is 0 Å². The minimum absolute atomic E-state index is 0.0715. The highest BCUT2D eigenvalue weighted by atomic mass is 32.1. The third kappa shape index (κ3) is 3.25. The second-order valence-corrected chi connectivity index (χ2v) is 7.05. The van der Waals surface area contributed by atoms with Crippen LogP contribution in [0.25, 0.3) is 10.9 Å². The molecule has 3 aromatic heterocycles. The number of benzene rings is 1. The molecule has 9 nitrogen and oxygen atoms in total. The zero-order valence-corrected chi connectivity index (χ0v) is 15.6. The largest absolute Gasteiger partial charge is 0.338 e. The average Bonchev–Trinajstić information content (AvgIpc) is 3.32. The molecular weight excluding hydrogens is 380 g/mol. The number of imidazole rings is 1. The molecule has 3 heterocycles. The molecule has 0 fully saturated rings. The number of carbonyl (C=O) groups is 1. The molecule has 0 aliphatic rings. The number of H-pyrrole nitrogens is 1. The van der Waals surface area contributed by atoms with Crippen molar-refractivity contribution in [1.29, 1.82) is 0 Å². The fourth-order valence-corrected chi connectivity index (χ4v) is 3.53. The minimum atomic E-state index is -1.09. The molecule has 10 heteroatoms. The van der Waals surface area contributed by atoms with Gasteiger partial charge in [-0.3, -0.25) is 9.59 Å². The number of aryl methyl sites for hydroxylation is 1. The Balaban J connectivity index is 1.84. The van der Waals surface area contributed by atoms with Crippen molar-refractivity contribution in [1.82, 2.24) is 24.1 Å². The van der Waals surface area contributed by atoms with Crippen LogP contribution in [-0.4, -0.2) is 30.0 Å². The number of hydrogen-bond donors (Lipinski definition) is 2. The number of thiazole rings is 1. The summed E-state index contributed by atoms with van der Waals surface area (Å²) in [5.41, 5.74) is -0.769. The summed E-state index contributed by atoms with van der Waals surface area (Å²) in [6, 6.07) is 5.59. The van der Waals surface area contributed by atoms with E-state index < -0.39 is 23.2 Å². The van der Waals surface area contributed by atoms with Gasteiger partial charge in [-0.05, 0) is 12.1 Å². The van der Waals surface area contributed by atoms with Gasteiger partial charge in [-0.2, -0.15) is 0 Å². The monoisotopic (exact) mass is 396 g/mol. The first-order valence-electron chi connectivity index (χ1n) is 8.44. The predicted molar refractivity (Wildman–Crippen MR) is 106 cm³/mol. The van der Waals surface area contributed by atoms with Gasteiger partial charge in [0.15, 0.2) is 5.13 Å². The molecule has 1 unspecified atom stereocenters. The van der Waals surface area contributed by atoms with Crippen molar-refractivity contribution >= 4 is 33.3 Å². The van der Waals surface area contributed by atoms with Crippen LogP contribution < -0.4 is 16.6 Å². The van der Waals surface area contributed by atoms with Gasteiger partial charge in [0.2, 0.25) is 5.91 Å². The van der Waals surface area contributed by atoms with E-state index in [1.165, 1.54) is 11.3 Å². The smallest absolute Gasteiger partial charge is 0.329 e. The van der Waals surface area contributed by atoms with E-state index >= 15 is 0 Å². The number of para-hydroxylation sites is 1. The van der Waals surface area contributed by atoms with Gasteiger partial charge in [0, 0.05) is 37.4 Å². The maximum absolute atomic E-state index is 13.0. The number of nitrogens with zero attached hydrogens (tertiary/aromatic N) is 4. The summed E-state index contributed by atoms with van der Waals surface area (Å²) in [5, 5.41) is 5.11. The number of fused-ring (bicyclic) bond motifs is 1. The molecule has 4 aromatic rings. The molecule has 2 N–H and O–H groups in total. The van der Waals surface area contributed by atoms with E-state index in [0.717, 1.165) is 4.57 Å². The molecule has 0 bridgehead atoms. The van der Waals surface area contributed by atoms with Crippen LogP contribution in [-0.2, 0) is 18.3 Å². The lowest BCUT2D eigenvalue weighted by molar-refractivity contribution is -0.119. The van der Waals surface area contributed by atoms with Crippen molar-refractivity contribution in [2.45, 2.75) is 12.5 Å². The van der Waals surface area contributed by atoms with Gasteiger partial charge in [0.05, 0.1) is 10.9 Å². The Morgan fingerprint density at radius 2 is 2.07 bits per heavy atom. The zero-order valence-electron chi connectivity index (χ0n) is 14.8. The number of aromatic amines is 1. The Bertz CT molecular complexity index is 1250. The Labute approximate surface area is 162 Å². The first-order valence-corrected chi connectivity index (χ1v) is 9.32. The first kappa shape index (κ1) is 17.9. The maximum atomic E-state index is 13.0. The van der Waals surface area contributed by atoms with Gasteiger partial charge in [-0.1, -0.05) is 12.1 Å². The molecule has 1 amide bonds. The van der Waals surface area contributed by atoms with Crippen LogP contribution in [0.5, 0.6) is 0 Å². The quantitative estimate of drug-likeness (QED) is 0.528. The van der Waals surface area contributed by atoms with Gasteiger partial charge in [-0.15, -0.1) is 11.3 Å². The summed E-state index contributed by atoms with van der Waals surface area (Å²) in [5.74, 6) is 0.0552. The second-order valence-electron chi connectivity index (χ2n) is 6.15. The summed E-state index contributed by atoms with van der Waals surface area (Å²) in [4.78, 5) is 49.7. The van der Waals surface area contributed by atoms with E-state index in [9.17, 15) is 14.4 Å². The Hall–Kier alpha value is -3.53. The highest BCUT2D eigenvalue weighted by Crippen LogP contribution is 2.17. The van der Waals surface area contributed by atoms with E-state index in [0.29, 0.717) is 21.9 Å². The van der Waals surface area contributed by atoms with Crippen LogP contribution in [0.4, 0.5) is 5.13 Å². The maximum Gasteiger partial charge on any atom is 0.329 e. The van der Waals surface area contributed by atoms with Crippen molar-refractivity contribution in [3.8, 4) is 0 Å². The predicted octanol–water partition coefficient (Wildman–Crippen LogP) is 1.30. The van der Waals surface area contributed by atoms with Crippen molar-refractivity contribution in [3.63, 3.8) is 0 Å². The fraction of sp³-hybridized carbons (Fsp3) is 0.167. The molecule has 142 valence electrons. The summed E-state index contributed by atoms with van der Waals surface area (Å²) < 4.78 is 2.68. The van der Waals surface area contributed by atoms with Gasteiger partial charge in [-0.25, -0.2) is 19.3 Å². The van der Waals surface area contributed by atoms with Crippen molar-refractivity contribution in [3.05, 3.63) is 74.9 Å². The molecule has 28 heavy (non-hydrogen) atoms. The third-order valence-electron chi connectivity index (χ3n) is 4.41. The third-order valence-corrected chi connectivity index (χ3v) is 5.10. The lowest BCUT2D eigenvalue weighted by atomic mass is 10.1. The Kier molecular flexibility index (Phi) is 4.62. The summed E-state index contributed by atoms with van der Waals surface area (Å²) in [7, 11) is 1.78. The summed E-state index contributed by atoms with van der Waals surface area (Å²) in [6.07, 6.45) is 4.96. The topological polar surface area (TPSA) is 115 Å². The van der Waals surface area contributed by atoms with E-state index in [-0.39, 0.29) is 6.42 Å². The van der Waals surface area contributed by atoms with E-state index in [1.54, 1.807) is 59.9 Å². The zero-order chi connectivity index (χ0) is 19.7. The number of carbonyl (C=O) groups excluding carboxylic acids is 1. The van der Waals surface area contributed by atoms with Crippen molar-refractivity contribution < 1.29 is 4.79 Å². The van der Waals surface area contributed by atoms with Crippen LogP contribution in [0.1, 0.15) is 11.9 Å². The normalized spacial score (nSPS) is 12.2.